The van der Waals surface area contributed by atoms with Crippen LogP contribution in [0.4, 0.5) is 46.5 Å². The van der Waals surface area contributed by atoms with Gasteiger partial charge in [-0.1, -0.05) is 78.9 Å². The smallest absolute Gasteiger partial charge is 0.250 e. The van der Waals surface area contributed by atoms with Crippen LogP contribution in [0, 0.1) is 73.0 Å². The van der Waals surface area contributed by atoms with Crippen LogP contribution < -0.4 is 49.7 Å². The fourth-order valence-electron chi connectivity index (χ4n) is 16.1. The Labute approximate surface area is 843 Å². The average Bonchev–Trinajstić information content (AvgIpc) is 1.53. The summed E-state index contributed by atoms with van der Waals surface area (Å²) in [6, 6.07) is 101. The number of methoxy groups -OCH3 is 2. The summed E-state index contributed by atoms with van der Waals surface area (Å²) < 4.78 is 41.9. The maximum atomic E-state index is 9.12. The van der Waals surface area contributed by atoms with Crippen molar-refractivity contribution >= 4 is 91.1 Å². The Kier molecular flexibility index (Phi) is 28.5. The molecule has 5 N–H and O–H groups in total. The molecule has 0 aliphatic carbocycles. The molecule has 22 aromatic rings. The topological polar surface area (TPSA) is 410 Å². The van der Waals surface area contributed by atoms with Crippen LogP contribution in [0.1, 0.15) is 55.6 Å². The third-order valence-corrected chi connectivity index (χ3v) is 23.6. The maximum Gasteiger partial charge on any atom is 0.250 e. The molecular weight excluding hydrogens is 1840 g/mol. The number of nitrogens with zero attached hydrogens (tertiary/aromatic N) is 21. The monoisotopic (exact) mass is 1930 g/mol. The van der Waals surface area contributed by atoms with Crippen LogP contribution in [0.3, 0.4) is 0 Å². The van der Waals surface area contributed by atoms with Gasteiger partial charge < -0.3 is 68.4 Å². The number of hydrogen-bond donors (Lipinski definition) is 5. The summed E-state index contributed by atoms with van der Waals surface area (Å²) >= 11 is 0. The van der Waals surface area contributed by atoms with Gasteiger partial charge in [0.2, 0.25) is 29.7 Å². The number of H-pyrrole nitrogens is 1. The van der Waals surface area contributed by atoms with Crippen LogP contribution in [-0.4, -0.2) is 103 Å². The molecule has 0 unspecified atom stereocenters. The summed E-state index contributed by atoms with van der Waals surface area (Å²) in [4.78, 5) is 65.8. The fraction of sp³-hybridized carbons (Fsp3) is 0.0783. The molecule has 32 heteroatoms. The van der Waals surface area contributed by atoms with E-state index in [0.717, 1.165) is 123 Å². The summed E-state index contributed by atoms with van der Waals surface area (Å²) in [7, 11) is 5.24. The number of ether oxygens (including phenoxy) is 6. The molecule has 0 spiro atoms. The number of pyridine rings is 3. The minimum absolute atomic E-state index is 0.329. The zero-order chi connectivity index (χ0) is 101. The number of aromatic amines is 1. The van der Waals surface area contributed by atoms with Crippen LogP contribution >= 0.6 is 0 Å². The number of benzene rings is 11. The second kappa shape index (κ2) is 44.1. The quantitative estimate of drug-likeness (QED) is 0.0336. The second-order valence-corrected chi connectivity index (χ2v) is 33.6. The van der Waals surface area contributed by atoms with Gasteiger partial charge in [-0.15, -0.1) is 0 Å². The van der Waals surface area contributed by atoms with E-state index in [1.54, 1.807) is 155 Å². The molecule has 0 fully saturated rings. The largest absolute Gasteiger partial charge is 0.497 e. The lowest BCUT2D eigenvalue weighted by molar-refractivity contribution is 0.414. The molecule has 0 saturated heterocycles. The van der Waals surface area contributed by atoms with E-state index in [-0.39, 0.29) is 0 Å². The summed E-state index contributed by atoms with van der Waals surface area (Å²) in [6.45, 7) is 9.18. The summed E-state index contributed by atoms with van der Waals surface area (Å²) in [6.07, 6.45) is 17.6. The van der Waals surface area contributed by atoms with E-state index in [1.807, 2.05) is 224 Å². The van der Waals surface area contributed by atoms with Crippen molar-refractivity contribution in [1.29, 1.82) is 21.0 Å². The number of fused-ring (bicyclic) bond motifs is 4. The molecule has 22 rings (SSSR count). The molecular formula is C115H88N26O6. The minimum Gasteiger partial charge on any atom is -0.497 e. The van der Waals surface area contributed by atoms with Crippen molar-refractivity contribution in [1.82, 2.24) is 88.5 Å². The van der Waals surface area contributed by atoms with Gasteiger partial charge in [-0.25, -0.2) is 19.9 Å². The first-order chi connectivity index (χ1) is 72.0. The molecule has 0 bridgehead atoms. The minimum atomic E-state index is 0.329. The predicted molar refractivity (Wildman–Crippen MR) is 563 cm³/mol. The Morgan fingerprint density at radius 2 is 0.680 bits per heavy atom. The van der Waals surface area contributed by atoms with Gasteiger partial charge in [0.05, 0.1) is 85.2 Å². The molecule has 11 heterocycles. The number of rotatable bonds is 26. The highest BCUT2D eigenvalue weighted by molar-refractivity contribution is 5.85. The third-order valence-electron chi connectivity index (χ3n) is 23.6. The molecule has 147 heavy (non-hydrogen) atoms. The normalized spacial score (nSPS) is 10.7. The number of anilines is 8. The number of aromatic nitrogens is 18. The van der Waals surface area contributed by atoms with E-state index in [0.29, 0.717) is 133 Å². The maximum absolute atomic E-state index is 9.12. The molecule has 32 nitrogen and oxygen atoms in total. The first-order valence-corrected chi connectivity index (χ1v) is 46.2. The zero-order valence-electron chi connectivity index (χ0n) is 80.2. The van der Waals surface area contributed by atoms with E-state index < -0.39 is 0 Å². The van der Waals surface area contributed by atoms with Crippen molar-refractivity contribution in [2.24, 2.45) is 7.05 Å². The van der Waals surface area contributed by atoms with Crippen LogP contribution in [0.15, 0.2) is 354 Å². The van der Waals surface area contributed by atoms with Crippen molar-refractivity contribution in [3.63, 3.8) is 0 Å². The average molecular weight is 1930 g/mol. The van der Waals surface area contributed by atoms with Gasteiger partial charge in [0.25, 0.3) is 17.6 Å². The van der Waals surface area contributed by atoms with Crippen LogP contribution in [0.5, 0.6) is 58.0 Å². The molecule has 714 valence electrons. The predicted octanol–water partition coefficient (Wildman–Crippen LogP) is 24.8. The Bertz CT molecular complexity index is 8610. The van der Waals surface area contributed by atoms with E-state index in [4.69, 9.17) is 64.4 Å². The van der Waals surface area contributed by atoms with E-state index in [2.05, 4.69) is 142 Å². The summed E-state index contributed by atoms with van der Waals surface area (Å²) in [5.74, 6) is 7.35. The number of nitrogens with one attached hydrogen (secondary N) is 5. The van der Waals surface area contributed by atoms with Gasteiger partial charge in [-0.05, 0) is 318 Å². The highest BCUT2D eigenvalue weighted by Crippen LogP contribution is 2.41. The van der Waals surface area contributed by atoms with Gasteiger partial charge >= 0.3 is 0 Å². The molecule has 0 aliphatic heterocycles. The van der Waals surface area contributed by atoms with E-state index in [1.165, 1.54) is 5.56 Å². The Morgan fingerprint density at radius 1 is 0.320 bits per heavy atom. The molecule has 0 saturated carbocycles. The van der Waals surface area contributed by atoms with Gasteiger partial charge in [0, 0.05) is 86.3 Å². The molecule has 0 amide bonds. The SMILES string of the molecule is COc1ccc(Cn2cnc3nc(Nc4ccc(C#N)cc4)nc(Oc4ccc(-c5ccncc5)cc4)c32)cc1.COc1ccc(Cn2cnc3nc(Nc4ccc(C#N)cc4)nc(Oc4ccc(-c5ccncc5)cc4C)c32)cc1.Cc1cc(-c2ccccc2)cc(C)c1Oc1nc(Nc2ccc(C#N)cc2)nc2ccn(C)c12.Cc1cc(-c2ccncc2)ccc1Oc1nc(Nc2ccc(C#N)cc2)nc2nc[nH]c12. The van der Waals surface area contributed by atoms with E-state index >= 15 is 0 Å². The zero-order valence-corrected chi connectivity index (χ0v) is 80.2. The van der Waals surface area contributed by atoms with Crippen molar-refractivity contribution < 1.29 is 28.4 Å². The van der Waals surface area contributed by atoms with Gasteiger partial charge in [0.1, 0.15) is 45.5 Å². The third kappa shape index (κ3) is 22.8. The Hall–Kier alpha value is -20.9. The number of aryl methyl sites for hydroxylation is 5. The highest BCUT2D eigenvalue weighted by Gasteiger charge is 2.24. The first kappa shape index (κ1) is 95.0. The highest BCUT2D eigenvalue weighted by atomic mass is 16.5. The molecule has 11 aromatic carbocycles. The van der Waals surface area contributed by atoms with Crippen LogP contribution in [0.25, 0.3) is 89.0 Å². The Balaban J connectivity index is 0.000000124. The standard InChI is InChI=1S/C32H25N7O2.C31H23N7O2.C28H23N5O.C24H17N7O/c1-21-17-25(24-13-15-34-16-14-24)7-12-28(21)41-31-29-30(35-20-39(29)19-23-5-10-27(40-2)11-6-23)37-32(38-31)36-26-8-3-22(18-33)4-9-26;1-39-26-10-4-22(5-11-26)19-38-20-34-29-28(38)30(37-31(36-29)35-25-8-2-21(18-32)3-9-25)40-27-12-6-23(7-13-27)24-14-16-33-17-15-24;1-18-15-22(21-7-5-4-6-8-21)16-19(2)26(18)34-27-25-24(13-14-33(25)3)31-28(32-27)30-23-11-9-20(17-29)10-12-23;1-15-12-18(17-8-10-26-11-9-17)4-7-20(15)32-23-21-22(28-14-27-21)30-24(31-23)29-19-5-2-16(13-25)3-6-19/h3-17,20H,19H2,1-2H3,(H,36,37,38);2-17,20H,19H2,1H3,(H,35,36,37);4-16H,1-3H3,(H,30,31,32);2-12,14H,1H3,(H2,27,28,29,30,31). The van der Waals surface area contributed by atoms with Crippen molar-refractivity contribution in [2.75, 3.05) is 35.5 Å². The van der Waals surface area contributed by atoms with Gasteiger partial charge in [-0.2, -0.15) is 55.9 Å². The van der Waals surface area contributed by atoms with Gasteiger partial charge in [-0.3, -0.25) is 15.0 Å². The van der Waals surface area contributed by atoms with Crippen molar-refractivity contribution in [3.8, 4) is 127 Å². The number of nitriles is 4. The van der Waals surface area contributed by atoms with Crippen LogP contribution in [-0.2, 0) is 20.1 Å². The van der Waals surface area contributed by atoms with E-state index in [9.17, 15) is 0 Å². The lowest BCUT2D eigenvalue weighted by Gasteiger charge is -2.15. The fourth-order valence-corrected chi connectivity index (χ4v) is 16.1. The van der Waals surface area contributed by atoms with Crippen molar-refractivity contribution in [3.05, 3.63) is 409 Å². The second-order valence-electron chi connectivity index (χ2n) is 33.6. The summed E-state index contributed by atoms with van der Waals surface area (Å²) in [5.41, 5.74) is 25.2. The molecule has 0 radical (unpaired) electrons. The van der Waals surface area contributed by atoms with Crippen LogP contribution in [0.2, 0.25) is 0 Å². The lowest BCUT2D eigenvalue weighted by Crippen LogP contribution is -2.04. The molecule has 0 aliphatic rings. The van der Waals surface area contributed by atoms with Gasteiger partial charge in [0.15, 0.2) is 28.0 Å². The Morgan fingerprint density at radius 3 is 1.10 bits per heavy atom. The number of hydrogen-bond acceptors (Lipinski definition) is 28. The number of imidazole rings is 3. The summed E-state index contributed by atoms with van der Waals surface area (Å²) in [5, 5.41) is 49.0. The lowest BCUT2D eigenvalue weighted by atomic mass is 10.00. The molecule has 0 atom stereocenters. The first-order valence-electron chi connectivity index (χ1n) is 46.2. The van der Waals surface area contributed by atoms with Crippen molar-refractivity contribution in [2.45, 2.75) is 40.8 Å². The molecule has 11 aromatic heterocycles.